The van der Waals surface area contributed by atoms with Gasteiger partial charge in [0.05, 0.1) is 19.6 Å². The Morgan fingerprint density at radius 3 is 2.00 bits per heavy atom. The fourth-order valence-corrected chi connectivity index (χ4v) is 1.30. The average molecular weight is 260 g/mol. The van der Waals surface area contributed by atoms with Crippen LogP contribution in [-0.4, -0.2) is 53.3 Å². The van der Waals surface area contributed by atoms with E-state index < -0.39 is 17.7 Å². The summed E-state index contributed by atoms with van der Waals surface area (Å²) in [7, 11) is 3.55. The summed E-state index contributed by atoms with van der Waals surface area (Å²) in [5, 5.41) is 12.2. The van der Waals surface area contributed by atoms with Crippen molar-refractivity contribution in [3.8, 4) is 0 Å². The first kappa shape index (κ1) is 16.9. The van der Waals surface area contributed by atoms with Gasteiger partial charge in [-0.05, 0) is 34.6 Å². The molecule has 0 heterocycles. The zero-order chi connectivity index (χ0) is 14.7. The Bertz CT molecular complexity index is 325. The Hall–Kier alpha value is -1.14. The summed E-state index contributed by atoms with van der Waals surface area (Å²) < 4.78 is 0.123. The molecule has 0 aromatic heterocycles. The van der Waals surface area contributed by atoms with Gasteiger partial charge in [-0.2, -0.15) is 5.43 Å². The zero-order valence-electron chi connectivity index (χ0n) is 12.4. The highest BCUT2D eigenvalue weighted by Gasteiger charge is 2.33. The number of carbonyl (C=O) groups is 2. The van der Waals surface area contributed by atoms with Gasteiger partial charge in [0.1, 0.15) is 12.1 Å². The lowest BCUT2D eigenvalue weighted by Crippen LogP contribution is -2.66. The van der Waals surface area contributed by atoms with Crippen molar-refractivity contribution in [3.05, 3.63) is 0 Å². The first-order valence-corrected chi connectivity index (χ1v) is 6.03. The molecule has 6 heteroatoms. The molecule has 0 saturated heterocycles. The monoisotopic (exact) mass is 260 g/mol. The number of nitrogens with zero attached hydrogens (tertiary/aromatic N) is 1. The molecule has 6 nitrogen and oxygen atoms in total. The van der Waals surface area contributed by atoms with Crippen LogP contribution in [0.4, 0.5) is 4.79 Å². The van der Waals surface area contributed by atoms with Gasteiger partial charge in [-0.25, -0.2) is 9.39 Å². The number of Topliss-reactive ketones (excluding diaryl/α,β-unsaturated/α-hetero) is 1. The lowest BCUT2D eigenvalue weighted by molar-refractivity contribution is -0.949. The van der Waals surface area contributed by atoms with E-state index in [4.69, 9.17) is 0 Å². The maximum absolute atomic E-state index is 11.8. The molecule has 106 valence electrons. The number of rotatable bonds is 5. The molecule has 0 radical (unpaired) electrons. The van der Waals surface area contributed by atoms with Crippen LogP contribution in [0.5, 0.6) is 0 Å². The molecular formula is C12H26N3O3+. The van der Waals surface area contributed by atoms with Crippen LogP contribution in [0.3, 0.4) is 0 Å². The van der Waals surface area contributed by atoms with Gasteiger partial charge in [0.15, 0.2) is 5.78 Å². The van der Waals surface area contributed by atoms with E-state index in [-0.39, 0.29) is 16.4 Å². The number of likely N-dealkylation sites (N-methyl/N-ethyl adjacent to an activating group) is 1. The van der Waals surface area contributed by atoms with E-state index in [0.29, 0.717) is 0 Å². The fraction of sp³-hybridized carbons (Fsp3) is 0.833. The molecule has 0 aliphatic rings. The SMILES string of the molecule is CC(=O)C(C)(C)NC(=O)N[N+](C)(C)C(C)C(C)O. The van der Waals surface area contributed by atoms with Crippen molar-refractivity contribution in [1.29, 1.82) is 0 Å². The van der Waals surface area contributed by atoms with Gasteiger partial charge in [0.25, 0.3) is 0 Å². The summed E-state index contributed by atoms with van der Waals surface area (Å²) in [6.45, 7) is 8.23. The van der Waals surface area contributed by atoms with Crippen LogP contribution < -0.4 is 10.7 Å². The summed E-state index contributed by atoms with van der Waals surface area (Å²) in [6.07, 6.45) is -0.555. The van der Waals surface area contributed by atoms with E-state index in [9.17, 15) is 14.7 Å². The summed E-state index contributed by atoms with van der Waals surface area (Å²) >= 11 is 0. The van der Waals surface area contributed by atoms with Crippen molar-refractivity contribution in [1.82, 2.24) is 10.7 Å². The largest absolute Gasteiger partial charge is 0.387 e. The Kier molecular flexibility index (Phi) is 5.31. The predicted molar refractivity (Wildman–Crippen MR) is 69.7 cm³/mol. The molecule has 2 amide bonds. The maximum atomic E-state index is 11.8. The molecule has 0 spiro atoms. The minimum Gasteiger partial charge on any atom is -0.387 e. The van der Waals surface area contributed by atoms with Crippen LogP contribution in [0.2, 0.25) is 0 Å². The molecule has 0 fully saturated rings. The molecule has 2 atom stereocenters. The molecule has 3 N–H and O–H groups in total. The van der Waals surface area contributed by atoms with E-state index in [1.807, 2.05) is 6.92 Å². The number of aliphatic hydroxyl groups excluding tert-OH is 1. The smallest absolute Gasteiger partial charge is 0.359 e. The second-order valence-electron chi connectivity index (χ2n) is 5.77. The number of ketones is 1. The summed E-state index contributed by atoms with van der Waals surface area (Å²) in [5.74, 6) is -0.119. The molecule has 2 unspecified atom stereocenters. The van der Waals surface area contributed by atoms with Gasteiger partial charge < -0.3 is 10.4 Å². The highest BCUT2D eigenvalue weighted by molar-refractivity contribution is 5.89. The minimum atomic E-state index is -0.905. The van der Waals surface area contributed by atoms with Crippen molar-refractivity contribution in [2.45, 2.75) is 52.3 Å². The number of urea groups is 1. The lowest BCUT2D eigenvalue weighted by Gasteiger charge is -2.37. The topological polar surface area (TPSA) is 78.4 Å². The summed E-state index contributed by atoms with van der Waals surface area (Å²) in [4.78, 5) is 23.2. The molecule has 0 bridgehead atoms. The minimum absolute atomic E-state index is 0.119. The molecule has 0 saturated carbocycles. The molecule has 0 aromatic carbocycles. The third kappa shape index (κ3) is 4.62. The lowest BCUT2D eigenvalue weighted by atomic mass is 10.0. The number of quaternary nitrogens is 1. The van der Waals surface area contributed by atoms with E-state index in [1.54, 1.807) is 34.9 Å². The van der Waals surface area contributed by atoms with Crippen molar-refractivity contribution < 1.29 is 19.3 Å². The van der Waals surface area contributed by atoms with Crippen LogP contribution in [0, 0.1) is 0 Å². The molecular weight excluding hydrogens is 234 g/mol. The Morgan fingerprint density at radius 2 is 1.67 bits per heavy atom. The highest BCUT2D eigenvalue weighted by Crippen LogP contribution is 2.08. The van der Waals surface area contributed by atoms with Crippen molar-refractivity contribution in [3.63, 3.8) is 0 Å². The molecule has 0 aromatic rings. The van der Waals surface area contributed by atoms with Gasteiger partial charge >= 0.3 is 6.03 Å². The van der Waals surface area contributed by atoms with E-state index in [2.05, 4.69) is 10.7 Å². The molecule has 18 heavy (non-hydrogen) atoms. The first-order chi connectivity index (χ1) is 7.90. The summed E-state index contributed by atoms with van der Waals surface area (Å²) in [6, 6.07) is -0.608. The molecule has 0 aliphatic carbocycles. The standard InChI is InChI=1S/C12H25N3O3/c1-8(9(2)16)15(6,7)14-11(18)13-12(4,5)10(3)17/h8-9,16H,1-7H3,(H-,13,14,18)/p+1. The number of hydrogen-bond acceptors (Lipinski definition) is 3. The van der Waals surface area contributed by atoms with Crippen molar-refractivity contribution in [2.24, 2.45) is 0 Å². The van der Waals surface area contributed by atoms with Gasteiger partial charge in [-0.15, -0.1) is 0 Å². The van der Waals surface area contributed by atoms with E-state index in [0.717, 1.165) is 0 Å². The normalized spacial score (nSPS) is 15.8. The average Bonchev–Trinajstić information content (AvgIpc) is 2.13. The van der Waals surface area contributed by atoms with Gasteiger partial charge in [-0.1, -0.05) is 0 Å². The number of aliphatic hydroxyl groups is 1. The van der Waals surface area contributed by atoms with Gasteiger partial charge in [-0.3, -0.25) is 4.79 Å². The zero-order valence-corrected chi connectivity index (χ0v) is 12.4. The quantitative estimate of drug-likeness (QED) is 0.495. The Balaban J connectivity index is 4.63. The second kappa shape index (κ2) is 5.67. The number of hydrogen-bond donors (Lipinski definition) is 3. The Morgan fingerprint density at radius 1 is 1.22 bits per heavy atom. The number of amides is 2. The van der Waals surface area contributed by atoms with Gasteiger partial charge in [0.2, 0.25) is 0 Å². The van der Waals surface area contributed by atoms with Crippen LogP contribution in [-0.2, 0) is 4.79 Å². The second-order valence-corrected chi connectivity index (χ2v) is 5.77. The van der Waals surface area contributed by atoms with Crippen LogP contribution in [0.1, 0.15) is 34.6 Å². The molecule has 0 rings (SSSR count). The fourth-order valence-electron chi connectivity index (χ4n) is 1.30. The van der Waals surface area contributed by atoms with Crippen molar-refractivity contribution >= 4 is 11.8 Å². The third-order valence-electron chi connectivity index (χ3n) is 3.41. The third-order valence-corrected chi connectivity index (χ3v) is 3.41. The highest BCUT2D eigenvalue weighted by atomic mass is 16.3. The number of carbonyl (C=O) groups excluding carboxylic acids is 2. The first-order valence-electron chi connectivity index (χ1n) is 6.03. The van der Waals surface area contributed by atoms with Crippen LogP contribution in [0.25, 0.3) is 0 Å². The molecule has 0 aliphatic heterocycles. The van der Waals surface area contributed by atoms with Crippen LogP contribution in [0.15, 0.2) is 0 Å². The number of nitrogens with one attached hydrogen (secondary N) is 2. The van der Waals surface area contributed by atoms with Crippen LogP contribution >= 0.6 is 0 Å². The summed E-state index contributed by atoms with van der Waals surface area (Å²) in [5.41, 5.74) is 1.82. The van der Waals surface area contributed by atoms with Gasteiger partial charge in [0, 0.05) is 0 Å². The van der Waals surface area contributed by atoms with Crippen molar-refractivity contribution in [2.75, 3.05) is 14.1 Å². The maximum Gasteiger partial charge on any atom is 0.359 e. The van der Waals surface area contributed by atoms with E-state index >= 15 is 0 Å². The predicted octanol–water partition coefficient (Wildman–Crippen LogP) is 0.414. The Labute approximate surface area is 109 Å². The van der Waals surface area contributed by atoms with E-state index in [1.165, 1.54) is 6.92 Å².